The molecule has 0 aliphatic carbocycles. The van der Waals surface area contributed by atoms with Gasteiger partial charge in [-0.2, -0.15) is 0 Å². The molecule has 0 aromatic carbocycles. The van der Waals surface area contributed by atoms with E-state index in [0.717, 1.165) is 12.0 Å². The molecule has 0 aliphatic heterocycles. The highest BCUT2D eigenvalue weighted by Crippen LogP contribution is 1.96. The topological polar surface area (TPSA) is 0 Å². The van der Waals surface area contributed by atoms with E-state index in [1.165, 1.54) is 0 Å². The van der Waals surface area contributed by atoms with Gasteiger partial charge in [0.05, 0.1) is 0 Å². The molecule has 0 bridgehead atoms. The fourth-order valence-electron chi connectivity index (χ4n) is 0.480. The van der Waals surface area contributed by atoms with Crippen LogP contribution in [0.5, 0.6) is 0 Å². The number of rotatable bonds is 2. The highest BCUT2D eigenvalue weighted by molar-refractivity contribution is 5.28. The van der Waals surface area contributed by atoms with Gasteiger partial charge in [0.1, 0.15) is 0 Å². The Morgan fingerprint density at radius 2 is 2.33 bits per heavy atom. The molecule has 0 radical (unpaired) electrons. The fourth-order valence-corrected chi connectivity index (χ4v) is 0.480. The van der Waals surface area contributed by atoms with Crippen LogP contribution >= 0.6 is 0 Å². The van der Waals surface area contributed by atoms with Gasteiger partial charge in [-0.25, -0.2) is 0 Å². The summed E-state index contributed by atoms with van der Waals surface area (Å²) < 4.78 is 0. The summed E-state index contributed by atoms with van der Waals surface area (Å²) in [5, 5.41) is 0. The minimum Gasteiger partial charge on any atom is -0.115 e. The third kappa shape index (κ3) is 3.61. The summed E-state index contributed by atoms with van der Waals surface area (Å²) in [7, 11) is 0. The second-order valence-electron chi connectivity index (χ2n) is 1.72. The lowest BCUT2D eigenvalue weighted by Gasteiger charge is -1.86. The lowest BCUT2D eigenvalue weighted by Crippen LogP contribution is -1.70. The normalized spacial score (nSPS) is 11.9. The lowest BCUT2D eigenvalue weighted by atomic mass is 10.2. The molecule has 0 rings (SSSR count). The van der Waals surface area contributed by atoms with Crippen molar-refractivity contribution in [1.29, 1.82) is 0 Å². The molecule has 0 N–H and O–H groups in total. The summed E-state index contributed by atoms with van der Waals surface area (Å²) in [6, 6.07) is 0. The summed E-state index contributed by atoms with van der Waals surface area (Å²) >= 11 is 0. The van der Waals surface area contributed by atoms with E-state index in [1.807, 2.05) is 25.2 Å². The van der Waals surface area contributed by atoms with Crippen LogP contribution in [0.2, 0.25) is 0 Å². The highest BCUT2D eigenvalue weighted by atomic mass is 13.8. The van der Waals surface area contributed by atoms with Gasteiger partial charge in [0, 0.05) is 5.57 Å². The molecule has 0 saturated carbocycles. The molecular formula is C9H12. The van der Waals surface area contributed by atoms with Crippen LogP contribution in [0.25, 0.3) is 0 Å². The summed E-state index contributed by atoms with van der Waals surface area (Å²) in [6.07, 6.45) is 12.0. The van der Waals surface area contributed by atoms with Crippen molar-refractivity contribution in [2.45, 2.75) is 20.3 Å². The number of allylic oxidation sites excluding steroid dienone is 4. The van der Waals surface area contributed by atoms with Crippen LogP contribution in [0.15, 0.2) is 23.8 Å². The van der Waals surface area contributed by atoms with Crippen LogP contribution < -0.4 is 0 Å². The maximum atomic E-state index is 5.17. The van der Waals surface area contributed by atoms with E-state index in [4.69, 9.17) is 6.42 Å². The minimum absolute atomic E-state index is 0.945. The van der Waals surface area contributed by atoms with Crippen molar-refractivity contribution in [2.24, 2.45) is 0 Å². The van der Waals surface area contributed by atoms with Crippen LogP contribution in [0.4, 0.5) is 0 Å². The van der Waals surface area contributed by atoms with Gasteiger partial charge >= 0.3 is 0 Å². The van der Waals surface area contributed by atoms with Gasteiger partial charge in [0.2, 0.25) is 0 Å². The van der Waals surface area contributed by atoms with Crippen molar-refractivity contribution >= 4 is 0 Å². The first-order valence-electron chi connectivity index (χ1n) is 3.13. The second-order valence-corrected chi connectivity index (χ2v) is 1.72. The fraction of sp³-hybridized carbons (Fsp3) is 0.333. The Bertz CT molecular complexity index is 153. The predicted octanol–water partition coefficient (Wildman–Crippen LogP) is 2.53. The quantitative estimate of drug-likeness (QED) is 0.388. The Kier molecular flexibility index (Phi) is 4.63. The molecule has 0 atom stereocenters. The Morgan fingerprint density at radius 1 is 1.67 bits per heavy atom. The van der Waals surface area contributed by atoms with Gasteiger partial charge in [-0.05, 0) is 13.3 Å². The third-order valence-corrected chi connectivity index (χ3v) is 1.06. The zero-order valence-corrected chi connectivity index (χ0v) is 6.02. The average Bonchev–Trinajstić information content (AvgIpc) is 1.91. The zero-order chi connectivity index (χ0) is 7.11. The van der Waals surface area contributed by atoms with Crippen LogP contribution in [-0.4, -0.2) is 0 Å². The Balaban J connectivity index is 3.96. The van der Waals surface area contributed by atoms with Crippen molar-refractivity contribution in [3.05, 3.63) is 23.8 Å². The average molecular weight is 120 g/mol. The largest absolute Gasteiger partial charge is 0.115 e. The van der Waals surface area contributed by atoms with Crippen molar-refractivity contribution in [1.82, 2.24) is 0 Å². The van der Waals surface area contributed by atoms with Gasteiger partial charge in [-0.1, -0.05) is 31.1 Å². The smallest absolute Gasteiger partial charge is 0.00147 e. The van der Waals surface area contributed by atoms with E-state index in [2.05, 4.69) is 12.8 Å². The first-order chi connectivity index (χ1) is 4.35. The summed E-state index contributed by atoms with van der Waals surface area (Å²) in [6.45, 7) is 4.02. The third-order valence-electron chi connectivity index (χ3n) is 1.06. The SMILES string of the molecule is C#C/C(=C/C=C\C)CC. The zero-order valence-electron chi connectivity index (χ0n) is 6.02. The first kappa shape index (κ1) is 8.04. The molecule has 0 heteroatoms. The predicted molar refractivity (Wildman–Crippen MR) is 42.0 cm³/mol. The van der Waals surface area contributed by atoms with Crippen molar-refractivity contribution < 1.29 is 0 Å². The highest BCUT2D eigenvalue weighted by Gasteiger charge is 1.80. The molecule has 0 nitrogen and oxygen atoms in total. The monoisotopic (exact) mass is 120 g/mol. The number of hydrogen-bond donors (Lipinski definition) is 0. The second kappa shape index (κ2) is 5.18. The molecule has 0 unspecified atom stereocenters. The number of terminal acetylenes is 1. The molecule has 0 aromatic rings. The molecular weight excluding hydrogens is 108 g/mol. The van der Waals surface area contributed by atoms with E-state index in [9.17, 15) is 0 Å². The van der Waals surface area contributed by atoms with Crippen molar-refractivity contribution in [3.63, 3.8) is 0 Å². The van der Waals surface area contributed by atoms with Gasteiger partial charge in [-0.15, -0.1) is 6.42 Å². The summed E-state index contributed by atoms with van der Waals surface area (Å²) in [4.78, 5) is 0. The molecule has 0 fully saturated rings. The van der Waals surface area contributed by atoms with Gasteiger partial charge in [0.25, 0.3) is 0 Å². The van der Waals surface area contributed by atoms with E-state index in [0.29, 0.717) is 0 Å². The van der Waals surface area contributed by atoms with E-state index in [1.54, 1.807) is 0 Å². The Hall–Kier alpha value is -0.960. The maximum absolute atomic E-state index is 5.17. The van der Waals surface area contributed by atoms with Crippen LogP contribution in [0, 0.1) is 12.3 Å². The van der Waals surface area contributed by atoms with Crippen LogP contribution in [0.3, 0.4) is 0 Å². The molecule has 0 saturated heterocycles. The number of hydrogen-bond acceptors (Lipinski definition) is 0. The van der Waals surface area contributed by atoms with Crippen LogP contribution in [-0.2, 0) is 0 Å². The van der Waals surface area contributed by atoms with E-state index >= 15 is 0 Å². The first-order valence-corrected chi connectivity index (χ1v) is 3.13. The molecule has 0 spiro atoms. The molecule has 0 aliphatic rings. The van der Waals surface area contributed by atoms with E-state index < -0.39 is 0 Å². The molecule has 0 aromatic heterocycles. The molecule has 9 heavy (non-hydrogen) atoms. The minimum atomic E-state index is 0.945. The molecule has 48 valence electrons. The Labute approximate surface area is 57.3 Å². The maximum Gasteiger partial charge on any atom is 0.00147 e. The van der Waals surface area contributed by atoms with Gasteiger partial charge in [-0.3, -0.25) is 0 Å². The van der Waals surface area contributed by atoms with Crippen LogP contribution in [0.1, 0.15) is 20.3 Å². The van der Waals surface area contributed by atoms with Crippen molar-refractivity contribution in [2.75, 3.05) is 0 Å². The van der Waals surface area contributed by atoms with Gasteiger partial charge < -0.3 is 0 Å². The van der Waals surface area contributed by atoms with Crippen molar-refractivity contribution in [3.8, 4) is 12.3 Å². The van der Waals surface area contributed by atoms with E-state index in [-0.39, 0.29) is 0 Å². The lowest BCUT2D eigenvalue weighted by molar-refractivity contribution is 1.17. The standard InChI is InChI=1S/C9H12/c1-4-7-8-9(5-2)6-3/h2,4,7-8H,6H2,1,3H3/b7-4-,9-8-. The van der Waals surface area contributed by atoms with Gasteiger partial charge in [0.15, 0.2) is 0 Å². The Morgan fingerprint density at radius 3 is 2.67 bits per heavy atom. The molecule has 0 amide bonds. The summed E-state index contributed by atoms with van der Waals surface area (Å²) in [5.41, 5.74) is 1.05. The summed E-state index contributed by atoms with van der Waals surface area (Å²) in [5.74, 6) is 2.60. The molecule has 0 heterocycles.